The first kappa shape index (κ1) is 12.0. The highest BCUT2D eigenvalue weighted by Crippen LogP contribution is 2.05. The third-order valence-corrected chi connectivity index (χ3v) is 2.63. The normalized spacial score (nSPS) is 16.9. The molecule has 0 atom stereocenters. The molecule has 0 radical (unpaired) electrons. The Morgan fingerprint density at radius 2 is 2.35 bits per heavy atom. The van der Waals surface area contributed by atoms with Crippen molar-refractivity contribution in [3.05, 3.63) is 11.9 Å². The maximum Gasteiger partial charge on any atom is 0.276 e. The Labute approximate surface area is 99.5 Å². The van der Waals surface area contributed by atoms with E-state index in [1.807, 2.05) is 0 Å². The van der Waals surface area contributed by atoms with Gasteiger partial charge in [0.25, 0.3) is 5.91 Å². The van der Waals surface area contributed by atoms with Crippen LogP contribution in [0.5, 0.6) is 0 Å². The minimum atomic E-state index is -0.0845. The molecule has 2 rings (SSSR count). The van der Waals surface area contributed by atoms with Crippen LogP contribution in [0.1, 0.15) is 16.9 Å². The van der Waals surface area contributed by atoms with Crippen LogP contribution in [0.3, 0.4) is 0 Å². The van der Waals surface area contributed by atoms with E-state index in [4.69, 9.17) is 10.5 Å². The zero-order chi connectivity index (χ0) is 12.1. The highest BCUT2D eigenvalue weighted by atomic mass is 16.5. The Bertz CT molecular complexity index is 371. The summed E-state index contributed by atoms with van der Waals surface area (Å²) in [7, 11) is 0. The van der Waals surface area contributed by atoms with Crippen molar-refractivity contribution in [2.75, 3.05) is 32.8 Å². The van der Waals surface area contributed by atoms with Gasteiger partial charge in [0, 0.05) is 26.2 Å². The van der Waals surface area contributed by atoms with Gasteiger partial charge in [0.15, 0.2) is 5.69 Å². The minimum absolute atomic E-state index is 0.0845. The summed E-state index contributed by atoms with van der Waals surface area (Å²) in [5.41, 5.74) is 5.78. The molecule has 0 bridgehead atoms. The Balaban J connectivity index is 2.01. The average Bonchev–Trinajstić information content (AvgIpc) is 2.64. The van der Waals surface area contributed by atoms with Crippen molar-refractivity contribution in [2.45, 2.75) is 13.0 Å². The first-order chi connectivity index (χ1) is 8.31. The van der Waals surface area contributed by atoms with Crippen LogP contribution < -0.4 is 5.73 Å². The molecule has 0 saturated carbocycles. The van der Waals surface area contributed by atoms with E-state index in [0.717, 1.165) is 6.42 Å². The third-order valence-electron chi connectivity index (χ3n) is 2.63. The molecule has 0 unspecified atom stereocenters. The monoisotopic (exact) mass is 239 g/mol. The first-order valence-corrected chi connectivity index (χ1v) is 5.78. The topological polar surface area (TPSA) is 86.3 Å². The summed E-state index contributed by atoms with van der Waals surface area (Å²) in [6, 6.07) is 0. The van der Waals surface area contributed by atoms with Gasteiger partial charge in [-0.1, -0.05) is 5.21 Å². The molecule has 2 heterocycles. The molecule has 17 heavy (non-hydrogen) atoms. The van der Waals surface area contributed by atoms with E-state index in [1.54, 1.807) is 15.8 Å². The predicted molar refractivity (Wildman–Crippen MR) is 60.4 cm³/mol. The summed E-state index contributed by atoms with van der Waals surface area (Å²) in [5, 5.41) is 7.72. The Kier molecular flexibility index (Phi) is 4.05. The fourth-order valence-corrected chi connectivity index (χ4v) is 1.75. The van der Waals surface area contributed by atoms with Crippen molar-refractivity contribution >= 4 is 5.91 Å². The van der Waals surface area contributed by atoms with Crippen LogP contribution in [-0.2, 0) is 11.3 Å². The number of carbonyl (C=O) groups excluding carboxylic acids is 1. The molecule has 2 N–H and O–H groups in total. The van der Waals surface area contributed by atoms with Gasteiger partial charge in [0.1, 0.15) is 0 Å². The van der Waals surface area contributed by atoms with Crippen LogP contribution in [0.4, 0.5) is 0 Å². The zero-order valence-electron chi connectivity index (χ0n) is 9.71. The van der Waals surface area contributed by atoms with Gasteiger partial charge in [-0.2, -0.15) is 0 Å². The van der Waals surface area contributed by atoms with Crippen molar-refractivity contribution in [3.8, 4) is 0 Å². The lowest BCUT2D eigenvalue weighted by Gasteiger charge is -2.17. The molecule has 1 aromatic rings. The van der Waals surface area contributed by atoms with Gasteiger partial charge in [0.05, 0.1) is 19.3 Å². The van der Waals surface area contributed by atoms with Gasteiger partial charge in [0.2, 0.25) is 0 Å². The van der Waals surface area contributed by atoms with Crippen LogP contribution in [-0.4, -0.2) is 58.6 Å². The zero-order valence-corrected chi connectivity index (χ0v) is 9.71. The van der Waals surface area contributed by atoms with Gasteiger partial charge in [-0.05, 0) is 6.42 Å². The predicted octanol–water partition coefficient (Wildman–Crippen LogP) is -0.901. The van der Waals surface area contributed by atoms with E-state index in [1.165, 1.54) is 0 Å². The summed E-state index contributed by atoms with van der Waals surface area (Å²) in [6.45, 7) is 3.68. The highest BCUT2D eigenvalue weighted by Gasteiger charge is 2.20. The standard InChI is InChI=1S/C10H17N5O2/c11-2-4-15-8-9(12-13-15)10(16)14-3-1-6-17-7-5-14/h8H,1-7,11H2. The smallest absolute Gasteiger partial charge is 0.276 e. The maximum atomic E-state index is 12.1. The van der Waals surface area contributed by atoms with Gasteiger partial charge in [-0.3, -0.25) is 9.48 Å². The average molecular weight is 239 g/mol. The molecule has 0 aromatic carbocycles. The molecule has 94 valence electrons. The number of rotatable bonds is 3. The quantitative estimate of drug-likeness (QED) is 0.738. The highest BCUT2D eigenvalue weighted by molar-refractivity contribution is 5.91. The second-order valence-corrected chi connectivity index (χ2v) is 3.91. The molecule has 0 spiro atoms. The summed E-state index contributed by atoms with van der Waals surface area (Å²) < 4.78 is 6.89. The molecule has 1 aliphatic rings. The number of hydrogen-bond acceptors (Lipinski definition) is 5. The third kappa shape index (κ3) is 3.01. The minimum Gasteiger partial charge on any atom is -0.380 e. The lowest BCUT2D eigenvalue weighted by molar-refractivity contribution is 0.0735. The number of aromatic nitrogens is 3. The molecule has 7 heteroatoms. The molecular weight excluding hydrogens is 222 g/mol. The van der Waals surface area contributed by atoms with E-state index in [2.05, 4.69) is 10.3 Å². The van der Waals surface area contributed by atoms with Crippen molar-refractivity contribution in [2.24, 2.45) is 5.73 Å². The number of nitrogens with zero attached hydrogens (tertiary/aromatic N) is 4. The lowest BCUT2D eigenvalue weighted by Crippen LogP contribution is -2.33. The van der Waals surface area contributed by atoms with Crippen molar-refractivity contribution in [1.82, 2.24) is 19.9 Å². The van der Waals surface area contributed by atoms with Crippen LogP contribution in [0.15, 0.2) is 6.20 Å². The van der Waals surface area contributed by atoms with Gasteiger partial charge >= 0.3 is 0 Å². The fourth-order valence-electron chi connectivity index (χ4n) is 1.75. The molecule has 0 aliphatic carbocycles. The van der Waals surface area contributed by atoms with E-state index in [-0.39, 0.29) is 5.91 Å². The fraction of sp³-hybridized carbons (Fsp3) is 0.700. The van der Waals surface area contributed by atoms with Crippen LogP contribution >= 0.6 is 0 Å². The molecular formula is C10H17N5O2. The van der Waals surface area contributed by atoms with E-state index in [0.29, 0.717) is 45.1 Å². The Morgan fingerprint density at radius 1 is 1.47 bits per heavy atom. The van der Waals surface area contributed by atoms with Crippen molar-refractivity contribution in [3.63, 3.8) is 0 Å². The van der Waals surface area contributed by atoms with Crippen LogP contribution in [0, 0.1) is 0 Å². The Morgan fingerprint density at radius 3 is 3.18 bits per heavy atom. The summed E-state index contributed by atoms with van der Waals surface area (Å²) in [6.07, 6.45) is 2.50. The number of hydrogen-bond donors (Lipinski definition) is 1. The van der Waals surface area contributed by atoms with Gasteiger partial charge in [-0.15, -0.1) is 5.10 Å². The molecule has 7 nitrogen and oxygen atoms in total. The van der Waals surface area contributed by atoms with Gasteiger partial charge in [-0.25, -0.2) is 0 Å². The summed E-state index contributed by atoms with van der Waals surface area (Å²) in [4.78, 5) is 13.8. The molecule has 1 aromatic heterocycles. The number of carbonyl (C=O) groups is 1. The van der Waals surface area contributed by atoms with Crippen LogP contribution in [0.2, 0.25) is 0 Å². The number of nitrogens with two attached hydrogens (primary N) is 1. The second-order valence-electron chi connectivity index (χ2n) is 3.91. The van der Waals surface area contributed by atoms with Crippen molar-refractivity contribution in [1.29, 1.82) is 0 Å². The van der Waals surface area contributed by atoms with E-state index in [9.17, 15) is 4.79 Å². The van der Waals surface area contributed by atoms with E-state index < -0.39 is 0 Å². The molecule has 1 amide bonds. The van der Waals surface area contributed by atoms with Crippen LogP contribution in [0.25, 0.3) is 0 Å². The second kappa shape index (κ2) is 5.74. The SMILES string of the molecule is NCCn1cc(C(=O)N2CCCOCC2)nn1. The maximum absolute atomic E-state index is 12.1. The molecule has 1 saturated heterocycles. The van der Waals surface area contributed by atoms with Gasteiger partial charge < -0.3 is 15.4 Å². The molecule has 1 fully saturated rings. The largest absolute Gasteiger partial charge is 0.380 e. The molecule has 1 aliphatic heterocycles. The summed E-state index contributed by atoms with van der Waals surface area (Å²) in [5.74, 6) is -0.0845. The summed E-state index contributed by atoms with van der Waals surface area (Å²) >= 11 is 0. The lowest BCUT2D eigenvalue weighted by atomic mass is 10.3. The Hall–Kier alpha value is -1.47. The number of ether oxygens (including phenoxy) is 1. The van der Waals surface area contributed by atoms with E-state index >= 15 is 0 Å². The van der Waals surface area contributed by atoms with Crippen molar-refractivity contribution < 1.29 is 9.53 Å². The first-order valence-electron chi connectivity index (χ1n) is 5.78. The number of amides is 1.